The summed E-state index contributed by atoms with van der Waals surface area (Å²) >= 11 is 0. The Morgan fingerprint density at radius 2 is 2.21 bits per heavy atom. The standard InChI is InChI=1S/C17H20N4O3/c1-10-7-21-8-11(6-12(21)9-24-10)18-16(22)15-17(23)20-14-5-3-2-4-13(14)19-15/h2-5,10-12H,6-9H2,1H3,(H,18,22)(H,20,23)/t10-,11+,12-/m0/s1. The Bertz CT molecular complexity index is 834. The smallest absolute Gasteiger partial charge is 0.280 e. The van der Waals surface area contributed by atoms with E-state index in [2.05, 4.69) is 27.1 Å². The number of H-pyrrole nitrogens is 1. The Morgan fingerprint density at radius 1 is 1.38 bits per heavy atom. The number of aromatic nitrogens is 2. The molecule has 0 unspecified atom stereocenters. The Kier molecular flexibility index (Phi) is 3.82. The molecule has 0 aliphatic carbocycles. The van der Waals surface area contributed by atoms with Crippen molar-refractivity contribution in [2.45, 2.75) is 31.5 Å². The van der Waals surface area contributed by atoms with Gasteiger partial charge in [-0.1, -0.05) is 12.1 Å². The van der Waals surface area contributed by atoms with Crippen LogP contribution in [0.2, 0.25) is 0 Å². The maximum atomic E-state index is 12.5. The second-order valence-electron chi connectivity index (χ2n) is 6.59. The van der Waals surface area contributed by atoms with Gasteiger partial charge in [-0.15, -0.1) is 0 Å². The van der Waals surface area contributed by atoms with Crippen LogP contribution in [-0.4, -0.2) is 58.7 Å². The highest BCUT2D eigenvalue weighted by Crippen LogP contribution is 2.23. The van der Waals surface area contributed by atoms with E-state index < -0.39 is 11.5 Å². The van der Waals surface area contributed by atoms with Gasteiger partial charge in [0.05, 0.1) is 23.7 Å². The number of nitrogens with zero attached hydrogens (tertiary/aromatic N) is 2. The zero-order valence-electron chi connectivity index (χ0n) is 13.5. The largest absolute Gasteiger partial charge is 0.376 e. The van der Waals surface area contributed by atoms with Crippen molar-refractivity contribution in [1.82, 2.24) is 20.2 Å². The number of aromatic amines is 1. The summed E-state index contributed by atoms with van der Waals surface area (Å²) in [5.74, 6) is -0.416. The maximum Gasteiger partial charge on any atom is 0.280 e. The third-order valence-corrected chi connectivity index (χ3v) is 4.74. The zero-order valence-corrected chi connectivity index (χ0v) is 13.5. The van der Waals surface area contributed by atoms with Crippen molar-refractivity contribution in [1.29, 1.82) is 0 Å². The van der Waals surface area contributed by atoms with E-state index in [-0.39, 0.29) is 17.8 Å². The van der Waals surface area contributed by atoms with E-state index in [1.165, 1.54) is 0 Å². The molecule has 1 amide bonds. The zero-order chi connectivity index (χ0) is 16.7. The Labute approximate surface area is 139 Å². The number of benzene rings is 1. The third-order valence-electron chi connectivity index (χ3n) is 4.74. The van der Waals surface area contributed by atoms with Crippen LogP contribution in [0, 0.1) is 0 Å². The van der Waals surface area contributed by atoms with Crippen LogP contribution in [-0.2, 0) is 4.74 Å². The molecule has 24 heavy (non-hydrogen) atoms. The van der Waals surface area contributed by atoms with Crippen molar-refractivity contribution in [2.24, 2.45) is 0 Å². The molecule has 2 saturated heterocycles. The predicted molar refractivity (Wildman–Crippen MR) is 89.0 cm³/mol. The molecule has 1 aromatic carbocycles. The molecule has 4 rings (SSSR count). The van der Waals surface area contributed by atoms with E-state index >= 15 is 0 Å². The quantitative estimate of drug-likeness (QED) is 0.839. The molecule has 0 spiro atoms. The lowest BCUT2D eigenvalue weighted by Crippen LogP contribution is -2.45. The number of hydrogen-bond acceptors (Lipinski definition) is 5. The van der Waals surface area contributed by atoms with E-state index in [0.717, 1.165) is 19.5 Å². The van der Waals surface area contributed by atoms with Gasteiger partial charge in [-0.25, -0.2) is 4.98 Å². The summed E-state index contributed by atoms with van der Waals surface area (Å²) in [5, 5.41) is 2.95. The molecule has 2 fully saturated rings. The minimum Gasteiger partial charge on any atom is -0.376 e. The molecule has 2 aliphatic rings. The summed E-state index contributed by atoms with van der Waals surface area (Å²) in [5.41, 5.74) is 0.693. The monoisotopic (exact) mass is 328 g/mol. The van der Waals surface area contributed by atoms with E-state index in [4.69, 9.17) is 4.74 Å². The molecule has 7 heteroatoms. The number of ether oxygens (including phenoxy) is 1. The van der Waals surface area contributed by atoms with Gasteiger partial charge in [0.15, 0.2) is 5.69 Å². The van der Waals surface area contributed by atoms with Crippen LogP contribution in [0.5, 0.6) is 0 Å². The summed E-state index contributed by atoms with van der Waals surface area (Å²) in [6, 6.07) is 7.54. The van der Waals surface area contributed by atoms with Crippen LogP contribution in [0.3, 0.4) is 0 Å². The molecular weight excluding hydrogens is 308 g/mol. The summed E-state index contributed by atoms with van der Waals surface area (Å²) in [6.07, 6.45) is 1.06. The normalized spacial score (nSPS) is 27.1. The Morgan fingerprint density at radius 3 is 3.08 bits per heavy atom. The number of carbonyl (C=O) groups is 1. The van der Waals surface area contributed by atoms with Gasteiger partial charge in [-0.3, -0.25) is 14.5 Å². The third kappa shape index (κ3) is 2.81. The van der Waals surface area contributed by atoms with Crippen molar-refractivity contribution in [3.05, 3.63) is 40.3 Å². The Hall–Kier alpha value is -2.25. The number of amides is 1. The van der Waals surface area contributed by atoms with Crippen LogP contribution < -0.4 is 10.9 Å². The van der Waals surface area contributed by atoms with Gasteiger partial charge in [-0.05, 0) is 25.5 Å². The predicted octanol–water partition coefficient (Wildman–Crippen LogP) is 0.514. The van der Waals surface area contributed by atoms with E-state index in [1.54, 1.807) is 12.1 Å². The molecule has 0 radical (unpaired) electrons. The molecule has 0 saturated carbocycles. The molecule has 2 aliphatic heterocycles. The van der Waals surface area contributed by atoms with E-state index in [9.17, 15) is 9.59 Å². The average Bonchev–Trinajstić information content (AvgIpc) is 2.95. The van der Waals surface area contributed by atoms with E-state index in [0.29, 0.717) is 23.7 Å². The summed E-state index contributed by atoms with van der Waals surface area (Å²) < 4.78 is 5.68. The summed E-state index contributed by atoms with van der Waals surface area (Å²) in [4.78, 5) is 33.9. The number of fused-ring (bicyclic) bond motifs is 2. The second-order valence-corrected chi connectivity index (χ2v) is 6.59. The number of carbonyl (C=O) groups excluding carboxylic acids is 1. The highest BCUT2D eigenvalue weighted by atomic mass is 16.5. The topological polar surface area (TPSA) is 87.3 Å². The van der Waals surface area contributed by atoms with Crippen LogP contribution in [0.15, 0.2) is 29.1 Å². The molecule has 0 bridgehead atoms. The number of rotatable bonds is 2. The van der Waals surface area contributed by atoms with Crippen LogP contribution >= 0.6 is 0 Å². The summed E-state index contributed by atoms with van der Waals surface area (Å²) in [6.45, 7) is 4.42. The van der Waals surface area contributed by atoms with E-state index in [1.807, 2.05) is 12.1 Å². The van der Waals surface area contributed by atoms with Gasteiger partial charge in [0.1, 0.15) is 0 Å². The van der Waals surface area contributed by atoms with Gasteiger partial charge >= 0.3 is 0 Å². The first-order chi connectivity index (χ1) is 11.6. The van der Waals surface area contributed by atoms with Gasteiger partial charge in [-0.2, -0.15) is 0 Å². The van der Waals surface area contributed by atoms with Crippen molar-refractivity contribution < 1.29 is 9.53 Å². The van der Waals surface area contributed by atoms with Gasteiger partial charge in [0.2, 0.25) is 0 Å². The van der Waals surface area contributed by atoms with Crippen molar-refractivity contribution >= 4 is 16.9 Å². The first kappa shape index (κ1) is 15.3. The van der Waals surface area contributed by atoms with Gasteiger partial charge < -0.3 is 15.0 Å². The lowest BCUT2D eigenvalue weighted by molar-refractivity contribution is -0.0390. The highest BCUT2D eigenvalue weighted by Gasteiger charge is 2.37. The molecular formula is C17H20N4O3. The van der Waals surface area contributed by atoms with Crippen molar-refractivity contribution in [2.75, 3.05) is 19.7 Å². The highest BCUT2D eigenvalue weighted by molar-refractivity contribution is 5.93. The van der Waals surface area contributed by atoms with Crippen molar-refractivity contribution in [3.8, 4) is 0 Å². The fourth-order valence-electron chi connectivity index (χ4n) is 3.58. The van der Waals surface area contributed by atoms with Crippen LogP contribution in [0.4, 0.5) is 0 Å². The number of morpholine rings is 1. The minimum atomic E-state index is -0.459. The SMILES string of the molecule is C[C@H]1CN2C[C@H](NC(=O)c3nc4ccccc4[nH]c3=O)C[C@H]2CO1. The number of hydrogen-bond donors (Lipinski definition) is 2. The fraction of sp³-hybridized carbons (Fsp3) is 0.471. The lowest BCUT2D eigenvalue weighted by atomic mass is 10.1. The molecule has 2 aromatic rings. The molecule has 2 N–H and O–H groups in total. The molecule has 3 heterocycles. The molecule has 7 nitrogen and oxygen atoms in total. The first-order valence-electron chi connectivity index (χ1n) is 8.26. The molecule has 126 valence electrons. The van der Waals surface area contributed by atoms with Crippen molar-refractivity contribution in [3.63, 3.8) is 0 Å². The molecule has 1 aromatic heterocycles. The minimum absolute atomic E-state index is 0.0177. The second kappa shape index (κ2) is 5.99. The van der Waals surface area contributed by atoms with Crippen LogP contribution in [0.25, 0.3) is 11.0 Å². The van der Waals surface area contributed by atoms with Crippen LogP contribution in [0.1, 0.15) is 23.8 Å². The average molecular weight is 328 g/mol. The first-order valence-corrected chi connectivity index (χ1v) is 8.26. The summed E-state index contributed by atoms with van der Waals surface area (Å²) in [7, 11) is 0. The maximum absolute atomic E-state index is 12.5. The number of para-hydroxylation sites is 2. The Balaban J connectivity index is 1.51. The van der Waals surface area contributed by atoms with Gasteiger partial charge in [0, 0.05) is 25.2 Å². The number of nitrogens with one attached hydrogen (secondary N) is 2. The van der Waals surface area contributed by atoms with Gasteiger partial charge in [0.25, 0.3) is 11.5 Å². The molecule has 3 atom stereocenters. The fourth-order valence-corrected chi connectivity index (χ4v) is 3.58. The lowest BCUT2D eigenvalue weighted by Gasteiger charge is -2.33.